The Bertz CT molecular complexity index is 492. The number of primary amides is 1. The van der Waals surface area contributed by atoms with E-state index in [1.165, 1.54) is 11.3 Å². The fraction of sp³-hybridized carbons (Fsp3) is 0.333. The Balaban J connectivity index is 2.42. The van der Waals surface area contributed by atoms with E-state index in [-0.39, 0.29) is 11.8 Å². The molecule has 2 atom stereocenters. The van der Waals surface area contributed by atoms with Crippen molar-refractivity contribution in [1.82, 2.24) is 4.98 Å². The van der Waals surface area contributed by atoms with Crippen molar-refractivity contribution in [3.63, 3.8) is 0 Å². The molecule has 5 heteroatoms. The summed E-state index contributed by atoms with van der Waals surface area (Å²) >= 11 is 1.43. The zero-order valence-electron chi connectivity index (χ0n) is 9.71. The molecule has 2 rings (SSSR count). The van der Waals surface area contributed by atoms with Crippen LogP contribution in [-0.4, -0.2) is 18.0 Å². The number of nitrogens with two attached hydrogens (primary N) is 1. The Morgan fingerprint density at radius 1 is 1.59 bits per heavy atom. The minimum Gasteiger partial charge on any atom is -0.473 e. The van der Waals surface area contributed by atoms with E-state index in [1.807, 2.05) is 31.2 Å². The number of methoxy groups -OCH3 is 1. The van der Waals surface area contributed by atoms with Crippen molar-refractivity contribution < 1.29 is 9.53 Å². The molecule has 0 saturated heterocycles. The molecule has 17 heavy (non-hydrogen) atoms. The lowest BCUT2D eigenvalue weighted by Crippen LogP contribution is -2.38. The highest BCUT2D eigenvalue weighted by atomic mass is 32.1. The Kier molecular flexibility index (Phi) is 3.02. The maximum absolute atomic E-state index is 11.5. The molecule has 1 aliphatic rings. The maximum Gasteiger partial charge on any atom is 0.273 e. The van der Waals surface area contributed by atoms with Gasteiger partial charge in [-0.2, -0.15) is 0 Å². The lowest BCUT2D eigenvalue weighted by Gasteiger charge is -2.31. The number of ether oxygens (including phenoxy) is 1. The summed E-state index contributed by atoms with van der Waals surface area (Å²) in [7, 11) is 1.58. The van der Waals surface area contributed by atoms with Crippen LogP contribution in [0, 0.1) is 5.92 Å². The molecule has 1 aliphatic carbocycles. The lowest BCUT2D eigenvalue weighted by atomic mass is 9.73. The highest BCUT2D eigenvalue weighted by molar-refractivity contribution is 7.13. The number of hydrogen-bond acceptors (Lipinski definition) is 4. The van der Waals surface area contributed by atoms with Gasteiger partial charge in [0, 0.05) is 16.5 Å². The summed E-state index contributed by atoms with van der Waals surface area (Å²) in [6.07, 6.45) is 9.31. The number of carbonyl (C=O) groups is 1. The Morgan fingerprint density at radius 2 is 2.35 bits per heavy atom. The molecule has 4 nitrogen and oxygen atoms in total. The quantitative estimate of drug-likeness (QED) is 0.886. The first kappa shape index (κ1) is 11.9. The molecular formula is C12H14N2O2S. The largest absolute Gasteiger partial charge is 0.473 e. The molecule has 1 aromatic rings. The second kappa shape index (κ2) is 4.33. The number of hydrogen-bond donors (Lipinski definition) is 1. The van der Waals surface area contributed by atoms with Crippen LogP contribution in [-0.2, 0) is 10.2 Å². The van der Waals surface area contributed by atoms with Gasteiger partial charge in [0.05, 0.1) is 13.0 Å². The van der Waals surface area contributed by atoms with Crippen LogP contribution in [0.4, 0.5) is 0 Å². The monoisotopic (exact) mass is 250 g/mol. The van der Waals surface area contributed by atoms with Gasteiger partial charge in [-0.3, -0.25) is 4.79 Å². The van der Waals surface area contributed by atoms with Gasteiger partial charge in [-0.25, -0.2) is 4.98 Å². The van der Waals surface area contributed by atoms with Gasteiger partial charge in [-0.05, 0) is 0 Å². The first-order valence-electron chi connectivity index (χ1n) is 5.23. The molecule has 0 bridgehead atoms. The fourth-order valence-electron chi connectivity index (χ4n) is 1.96. The van der Waals surface area contributed by atoms with Crippen molar-refractivity contribution in [2.45, 2.75) is 12.3 Å². The number of amides is 1. The summed E-state index contributed by atoms with van der Waals surface area (Å²) in [6, 6.07) is 0. The van der Waals surface area contributed by atoms with Crippen LogP contribution in [0.5, 0.6) is 5.19 Å². The number of nitrogens with zero attached hydrogens (tertiary/aromatic N) is 1. The Labute approximate surface area is 104 Å². The average molecular weight is 250 g/mol. The van der Waals surface area contributed by atoms with Gasteiger partial charge in [-0.1, -0.05) is 42.6 Å². The SMILES string of the molecule is COc1ncc(C2(C)C=CC=CC2C(N)=O)s1. The van der Waals surface area contributed by atoms with Gasteiger partial charge < -0.3 is 10.5 Å². The predicted molar refractivity (Wildman–Crippen MR) is 67.0 cm³/mol. The molecular weight excluding hydrogens is 236 g/mol. The van der Waals surface area contributed by atoms with E-state index in [4.69, 9.17) is 10.5 Å². The third-order valence-electron chi connectivity index (χ3n) is 3.00. The minimum atomic E-state index is -0.435. The van der Waals surface area contributed by atoms with Gasteiger partial charge in [0.2, 0.25) is 5.91 Å². The summed E-state index contributed by atoms with van der Waals surface area (Å²) in [5.74, 6) is -0.682. The second-order valence-electron chi connectivity index (χ2n) is 4.10. The van der Waals surface area contributed by atoms with Crippen LogP contribution in [0.1, 0.15) is 11.8 Å². The zero-order valence-corrected chi connectivity index (χ0v) is 10.5. The van der Waals surface area contributed by atoms with E-state index in [9.17, 15) is 4.79 Å². The number of rotatable bonds is 3. The molecule has 2 unspecified atom stereocenters. The molecule has 1 aromatic heterocycles. The van der Waals surface area contributed by atoms with E-state index in [0.29, 0.717) is 5.19 Å². The third kappa shape index (κ3) is 1.98. The predicted octanol–water partition coefficient (Wildman–Crippen LogP) is 1.64. The standard InChI is InChI=1S/C12H14N2O2S/c1-12(9-7-14-11(16-2)17-9)6-4-3-5-8(12)10(13)15/h3-8H,1-2H3,(H2,13,15). The van der Waals surface area contributed by atoms with Gasteiger partial charge in [-0.15, -0.1) is 0 Å². The fourth-order valence-corrected chi connectivity index (χ4v) is 2.86. The average Bonchev–Trinajstić information content (AvgIpc) is 2.78. The highest BCUT2D eigenvalue weighted by Gasteiger charge is 2.38. The van der Waals surface area contributed by atoms with Crippen molar-refractivity contribution in [3.8, 4) is 5.19 Å². The lowest BCUT2D eigenvalue weighted by molar-refractivity contribution is -0.121. The molecule has 0 spiro atoms. The van der Waals surface area contributed by atoms with Gasteiger partial charge >= 0.3 is 0 Å². The van der Waals surface area contributed by atoms with Crippen LogP contribution in [0.25, 0.3) is 0 Å². The first-order valence-corrected chi connectivity index (χ1v) is 6.05. The third-order valence-corrected chi connectivity index (χ3v) is 4.21. The number of thiazole rings is 1. The number of carbonyl (C=O) groups excluding carboxylic acids is 1. The molecule has 1 amide bonds. The number of aromatic nitrogens is 1. The van der Waals surface area contributed by atoms with Crippen molar-refractivity contribution in [2.24, 2.45) is 11.7 Å². The minimum absolute atomic E-state index is 0.333. The van der Waals surface area contributed by atoms with E-state index in [0.717, 1.165) is 4.88 Å². The number of allylic oxidation sites excluding steroid dienone is 3. The molecule has 0 saturated carbocycles. The molecule has 90 valence electrons. The van der Waals surface area contributed by atoms with Crippen LogP contribution in [0.15, 0.2) is 30.5 Å². The Hall–Kier alpha value is -1.62. The summed E-state index contributed by atoms with van der Waals surface area (Å²) in [4.78, 5) is 16.6. The first-order chi connectivity index (χ1) is 8.08. The van der Waals surface area contributed by atoms with Crippen LogP contribution >= 0.6 is 11.3 Å². The zero-order chi connectivity index (χ0) is 12.5. The summed E-state index contributed by atoms with van der Waals surface area (Å²) in [5, 5.41) is 0.590. The van der Waals surface area contributed by atoms with Gasteiger partial charge in [0.1, 0.15) is 0 Å². The smallest absolute Gasteiger partial charge is 0.273 e. The van der Waals surface area contributed by atoms with Crippen LogP contribution < -0.4 is 10.5 Å². The normalized spacial score (nSPS) is 27.1. The van der Waals surface area contributed by atoms with Crippen molar-refractivity contribution in [3.05, 3.63) is 35.4 Å². The van der Waals surface area contributed by atoms with Crippen molar-refractivity contribution in [1.29, 1.82) is 0 Å². The van der Waals surface area contributed by atoms with E-state index < -0.39 is 5.41 Å². The molecule has 1 heterocycles. The van der Waals surface area contributed by atoms with Crippen LogP contribution in [0.2, 0.25) is 0 Å². The van der Waals surface area contributed by atoms with Gasteiger partial charge in [0.15, 0.2) is 0 Å². The van der Waals surface area contributed by atoms with E-state index in [2.05, 4.69) is 4.98 Å². The summed E-state index contributed by atoms with van der Waals surface area (Å²) < 4.78 is 5.08. The molecule has 2 N–H and O–H groups in total. The summed E-state index contributed by atoms with van der Waals surface area (Å²) in [5.41, 5.74) is 5.01. The summed E-state index contributed by atoms with van der Waals surface area (Å²) in [6.45, 7) is 1.98. The van der Waals surface area contributed by atoms with Crippen LogP contribution in [0.3, 0.4) is 0 Å². The van der Waals surface area contributed by atoms with Crippen molar-refractivity contribution in [2.75, 3.05) is 7.11 Å². The van der Waals surface area contributed by atoms with Gasteiger partial charge in [0.25, 0.3) is 5.19 Å². The van der Waals surface area contributed by atoms with E-state index >= 15 is 0 Å². The Morgan fingerprint density at radius 3 is 2.94 bits per heavy atom. The molecule has 0 aromatic carbocycles. The van der Waals surface area contributed by atoms with E-state index in [1.54, 1.807) is 13.3 Å². The molecule has 0 aliphatic heterocycles. The molecule has 0 fully saturated rings. The topological polar surface area (TPSA) is 65.2 Å². The van der Waals surface area contributed by atoms with Crippen molar-refractivity contribution >= 4 is 17.2 Å². The maximum atomic E-state index is 11.5. The highest BCUT2D eigenvalue weighted by Crippen LogP contribution is 2.41. The second-order valence-corrected chi connectivity index (χ2v) is 5.09. The molecule has 0 radical (unpaired) electrons.